The molecule has 2 aromatic carbocycles. The fourth-order valence-corrected chi connectivity index (χ4v) is 3.40. The zero-order valence-electron chi connectivity index (χ0n) is 17.2. The number of methoxy groups -OCH3 is 1. The molecule has 1 saturated heterocycles. The van der Waals surface area contributed by atoms with Gasteiger partial charge >= 0.3 is 0 Å². The maximum atomic E-state index is 12.5. The number of anilines is 1. The lowest BCUT2D eigenvalue weighted by molar-refractivity contribution is -0.126. The summed E-state index contributed by atoms with van der Waals surface area (Å²) in [5.41, 5.74) is 2.03. The molecular formula is C23H28N2O4. The predicted octanol–water partition coefficient (Wildman–Crippen LogP) is 3.37. The maximum absolute atomic E-state index is 12.5. The lowest BCUT2D eigenvalue weighted by Crippen LogP contribution is -2.35. The average molecular weight is 396 g/mol. The van der Waals surface area contributed by atoms with Crippen molar-refractivity contribution in [2.75, 3.05) is 31.7 Å². The Kier molecular flexibility index (Phi) is 6.75. The third-order valence-electron chi connectivity index (χ3n) is 5.07. The van der Waals surface area contributed by atoms with Gasteiger partial charge in [-0.3, -0.25) is 9.59 Å². The first kappa shape index (κ1) is 20.7. The van der Waals surface area contributed by atoms with Crippen LogP contribution in [0.25, 0.3) is 0 Å². The van der Waals surface area contributed by atoms with Crippen molar-refractivity contribution in [1.82, 2.24) is 5.32 Å². The molecule has 1 unspecified atom stereocenters. The van der Waals surface area contributed by atoms with Crippen LogP contribution >= 0.6 is 0 Å². The Hall–Kier alpha value is -3.02. The summed E-state index contributed by atoms with van der Waals surface area (Å²) in [5.74, 6) is 1.18. The Balaban J connectivity index is 1.51. The third-order valence-corrected chi connectivity index (χ3v) is 5.07. The molecule has 0 spiro atoms. The first-order valence-electron chi connectivity index (χ1n) is 9.93. The van der Waals surface area contributed by atoms with E-state index >= 15 is 0 Å². The van der Waals surface area contributed by atoms with Crippen molar-refractivity contribution < 1.29 is 19.1 Å². The van der Waals surface area contributed by atoms with Crippen LogP contribution in [0.2, 0.25) is 0 Å². The fourth-order valence-electron chi connectivity index (χ4n) is 3.40. The van der Waals surface area contributed by atoms with Gasteiger partial charge in [0.15, 0.2) is 11.5 Å². The van der Waals surface area contributed by atoms with Crippen molar-refractivity contribution in [1.29, 1.82) is 0 Å². The number of ether oxygens (including phenoxy) is 2. The van der Waals surface area contributed by atoms with Crippen molar-refractivity contribution in [3.8, 4) is 11.5 Å². The van der Waals surface area contributed by atoms with Gasteiger partial charge in [-0.05, 0) is 35.7 Å². The molecule has 6 heteroatoms. The van der Waals surface area contributed by atoms with E-state index in [2.05, 4.69) is 25.2 Å². The largest absolute Gasteiger partial charge is 0.493 e. The van der Waals surface area contributed by atoms with E-state index in [0.717, 1.165) is 5.69 Å². The van der Waals surface area contributed by atoms with Crippen molar-refractivity contribution in [2.45, 2.75) is 26.2 Å². The Bertz CT molecular complexity index is 865. The second-order valence-corrected chi connectivity index (χ2v) is 7.45. The number of hydrogen-bond acceptors (Lipinski definition) is 4. The number of para-hydroxylation sites is 2. The number of carbonyl (C=O) groups is 2. The van der Waals surface area contributed by atoms with Gasteiger partial charge in [0.1, 0.15) is 6.61 Å². The first-order chi connectivity index (χ1) is 14.0. The van der Waals surface area contributed by atoms with E-state index in [1.807, 2.05) is 42.5 Å². The van der Waals surface area contributed by atoms with Gasteiger partial charge in [0.05, 0.1) is 19.6 Å². The van der Waals surface area contributed by atoms with Crippen molar-refractivity contribution in [2.24, 2.45) is 5.92 Å². The standard InChI is InChI=1S/C23H28N2O4/c1-16(2)17-7-6-8-19(13-17)25-15-18(14-22(25)26)23(27)24-11-12-29-21-10-5-4-9-20(21)28-3/h4-10,13,16,18H,11-12,14-15H2,1-3H3,(H,24,27). The molecule has 3 rings (SSSR count). The summed E-state index contributed by atoms with van der Waals surface area (Å²) in [7, 11) is 1.59. The minimum absolute atomic E-state index is 0.0173. The van der Waals surface area contributed by atoms with Crippen LogP contribution in [0.3, 0.4) is 0 Å². The molecule has 0 aliphatic carbocycles. The van der Waals surface area contributed by atoms with Gasteiger partial charge in [0.2, 0.25) is 11.8 Å². The van der Waals surface area contributed by atoms with Crippen LogP contribution < -0.4 is 19.7 Å². The molecule has 1 heterocycles. The molecule has 154 valence electrons. The van der Waals surface area contributed by atoms with Crippen LogP contribution in [-0.4, -0.2) is 38.6 Å². The Morgan fingerprint density at radius 1 is 1.17 bits per heavy atom. The van der Waals surface area contributed by atoms with Gasteiger partial charge in [-0.25, -0.2) is 0 Å². The highest BCUT2D eigenvalue weighted by atomic mass is 16.5. The molecule has 0 bridgehead atoms. The summed E-state index contributed by atoms with van der Waals surface area (Å²) in [6.07, 6.45) is 0.227. The third kappa shape index (κ3) is 5.08. The second kappa shape index (κ2) is 9.45. The fraction of sp³-hybridized carbons (Fsp3) is 0.391. The normalized spacial score (nSPS) is 16.2. The molecule has 1 aliphatic rings. The van der Waals surface area contributed by atoms with Gasteiger partial charge < -0.3 is 19.7 Å². The van der Waals surface area contributed by atoms with Crippen molar-refractivity contribution in [3.63, 3.8) is 0 Å². The van der Waals surface area contributed by atoms with Gasteiger partial charge in [0.25, 0.3) is 0 Å². The number of amides is 2. The van der Waals surface area contributed by atoms with Gasteiger partial charge in [-0.15, -0.1) is 0 Å². The molecule has 2 amide bonds. The second-order valence-electron chi connectivity index (χ2n) is 7.45. The molecule has 1 aliphatic heterocycles. The number of nitrogens with one attached hydrogen (secondary N) is 1. The highest BCUT2D eigenvalue weighted by Gasteiger charge is 2.35. The van der Waals surface area contributed by atoms with Crippen LogP contribution in [0.1, 0.15) is 31.7 Å². The number of nitrogens with zero attached hydrogens (tertiary/aromatic N) is 1. The Morgan fingerprint density at radius 3 is 2.66 bits per heavy atom. The number of hydrogen-bond donors (Lipinski definition) is 1. The van der Waals surface area contributed by atoms with Crippen LogP contribution in [0.5, 0.6) is 11.5 Å². The summed E-state index contributed by atoms with van der Waals surface area (Å²) in [6, 6.07) is 15.3. The molecule has 1 atom stereocenters. The van der Waals surface area contributed by atoms with E-state index in [1.54, 1.807) is 12.0 Å². The van der Waals surface area contributed by atoms with Crippen LogP contribution in [0.15, 0.2) is 48.5 Å². The van der Waals surface area contributed by atoms with Gasteiger partial charge in [0, 0.05) is 18.7 Å². The van der Waals surface area contributed by atoms with E-state index in [9.17, 15) is 9.59 Å². The SMILES string of the molecule is COc1ccccc1OCCNC(=O)C1CC(=O)N(c2cccc(C(C)C)c2)C1. The quantitative estimate of drug-likeness (QED) is 0.695. The number of carbonyl (C=O) groups excluding carboxylic acids is 2. The van der Waals surface area contributed by atoms with Crippen molar-refractivity contribution >= 4 is 17.5 Å². The monoisotopic (exact) mass is 396 g/mol. The Morgan fingerprint density at radius 2 is 1.93 bits per heavy atom. The smallest absolute Gasteiger partial charge is 0.227 e. The average Bonchev–Trinajstić information content (AvgIpc) is 3.13. The summed E-state index contributed by atoms with van der Waals surface area (Å²) >= 11 is 0. The van der Waals surface area contributed by atoms with Crippen LogP contribution in [0.4, 0.5) is 5.69 Å². The lowest BCUT2D eigenvalue weighted by Gasteiger charge is -2.18. The van der Waals surface area contributed by atoms with Gasteiger partial charge in [-0.1, -0.05) is 38.1 Å². The number of benzene rings is 2. The first-order valence-corrected chi connectivity index (χ1v) is 9.93. The summed E-state index contributed by atoms with van der Waals surface area (Å²) < 4.78 is 10.9. The minimum Gasteiger partial charge on any atom is -0.493 e. The Labute approximate surface area is 171 Å². The van der Waals surface area contributed by atoms with Crippen LogP contribution in [0, 0.1) is 5.92 Å². The topological polar surface area (TPSA) is 67.9 Å². The zero-order chi connectivity index (χ0) is 20.8. The molecule has 0 saturated carbocycles. The molecule has 0 radical (unpaired) electrons. The molecule has 1 fully saturated rings. The molecule has 2 aromatic rings. The van der Waals surface area contributed by atoms with Crippen LogP contribution in [-0.2, 0) is 9.59 Å². The van der Waals surface area contributed by atoms with Crippen molar-refractivity contribution in [3.05, 3.63) is 54.1 Å². The predicted molar refractivity (Wildman–Crippen MR) is 112 cm³/mol. The summed E-state index contributed by atoms with van der Waals surface area (Å²) in [5, 5.41) is 2.87. The zero-order valence-corrected chi connectivity index (χ0v) is 17.2. The lowest BCUT2D eigenvalue weighted by atomic mass is 10.0. The van der Waals surface area contributed by atoms with E-state index in [4.69, 9.17) is 9.47 Å². The van der Waals surface area contributed by atoms with E-state index in [0.29, 0.717) is 37.1 Å². The van der Waals surface area contributed by atoms with Gasteiger partial charge in [-0.2, -0.15) is 0 Å². The van der Waals surface area contributed by atoms with E-state index in [-0.39, 0.29) is 24.2 Å². The highest BCUT2D eigenvalue weighted by Crippen LogP contribution is 2.28. The number of rotatable bonds is 8. The summed E-state index contributed by atoms with van der Waals surface area (Å²) in [4.78, 5) is 26.7. The van der Waals surface area contributed by atoms with E-state index < -0.39 is 0 Å². The molecular weight excluding hydrogens is 368 g/mol. The molecule has 6 nitrogen and oxygen atoms in total. The maximum Gasteiger partial charge on any atom is 0.227 e. The minimum atomic E-state index is -0.350. The molecule has 29 heavy (non-hydrogen) atoms. The van der Waals surface area contributed by atoms with E-state index in [1.165, 1.54) is 5.56 Å². The molecule has 1 N–H and O–H groups in total. The summed E-state index contributed by atoms with van der Waals surface area (Å²) in [6.45, 7) is 5.33. The highest BCUT2D eigenvalue weighted by molar-refractivity contribution is 6.00. The molecule has 0 aromatic heterocycles.